The van der Waals surface area contributed by atoms with E-state index in [4.69, 9.17) is 0 Å². The van der Waals surface area contributed by atoms with Crippen LogP contribution in [0.25, 0.3) is 10.9 Å². The van der Waals surface area contributed by atoms with Gasteiger partial charge in [-0.25, -0.2) is 4.39 Å². The van der Waals surface area contributed by atoms with Gasteiger partial charge in [-0.15, -0.1) is 0 Å². The smallest absolute Gasteiger partial charge is 0.123 e. The summed E-state index contributed by atoms with van der Waals surface area (Å²) >= 11 is 0. The number of fused-ring (bicyclic) bond motifs is 3. The fourth-order valence-electron chi connectivity index (χ4n) is 3.46. The molecule has 1 atom stereocenters. The van der Waals surface area contributed by atoms with Crippen molar-refractivity contribution in [3.8, 4) is 0 Å². The molecule has 3 aromatic rings. The molecule has 0 aliphatic heterocycles. The summed E-state index contributed by atoms with van der Waals surface area (Å²) in [5, 5.41) is 4.97. The molecule has 1 unspecified atom stereocenters. The van der Waals surface area contributed by atoms with Gasteiger partial charge >= 0.3 is 0 Å². The number of aromatic nitrogens is 1. The van der Waals surface area contributed by atoms with Crippen molar-refractivity contribution in [2.75, 3.05) is 0 Å². The molecule has 0 saturated heterocycles. The number of para-hydroxylation sites is 1. The molecule has 112 valence electrons. The van der Waals surface area contributed by atoms with Crippen molar-refractivity contribution in [2.45, 2.75) is 31.8 Å². The minimum Gasteiger partial charge on any atom is -0.357 e. The maximum atomic E-state index is 13.0. The second-order valence-corrected chi connectivity index (χ2v) is 6.01. The van der Waals surface area contributed by atoms with E-state index in [0.29, 0.717) is 6.04 Å². The zero-order valence-electron chi connectivity index (χ0n) is 12.4. The average Bonchev–Trinajstić information content (AvgIpc) is 2.94. The van der Waals surface area contributed by atoms with Crippen LogP contribution in [0.4, 0.5) is 4.39 Å². The van der Waals surface area contributed by atoms with Gasteiger partial charge in [-0.3, -0.25) is 0 Å². The Kier molecular flexibility index (Phi) is 3.43. The van der Waals surface area contributed by atoms with Crippen molar-refractivity contribution < 1.29 is 4.39 Å². The molecule has 1 aliphatic rings. The van der Waals surface area contributed by atoms with Crippen molar-refractivity contribution in [1.29, 1.82) is 0 Å². The summed E-state index contributed by atoms with van der Waals surface area (Å²) < 4.78 is 13.0. The highest BCUT2D eigenvalue weighted by Crippen LogP contribution is 2.34. The Bertz CT molecular complexity index is 789. The van der Waals surface area contributed by atoms with Crippen LogP contribution in [-0.2, 0) is 13.0 Å². The number of halogens is 1. The van der Waals surface area contributed by atoms with E-state index in [1.807, 2.05) is 12.1 Å². The fourth-order valence-corrected chi connectivity index (χ4v) is 3.46. The number of nitrogens with one attached hydrogen (secondary N) is 2. The summed E-state index contributed by atoms with van der Waals surface area (Å²) in [5.41, 5.74) is 5.13. The SMILES string of the molecule is Fc1ccc(CNC2CCCc3c2[nH]c2ccccc32)cc1. The van der Waals surface area contributed by atoms with Crippen molar-refractivity contribution in [3.05, 3.63) is 71.2 Å². The number of H-pyrrole nitrogens is 1. The predicted molar refractivity (Wildman–Crippen MR) is 87.2 cm³/mol. The van der Waals surface area contributed by atoms with E-state index < -0.39 is 0 Å². The summed E-state index contributed by atoms with van der Waals surface area (Å²) in [4.78, 5) is 3.59. The molecule has 0 radical (unpaired) electrons. The van der Waals surface area contributed by atoms with E-state index >= 15 is 0 Å². The standard InChI is InChI=1S/C19H19FN2/c20-14-10-8-13(9-11-14)12-21-18-7-3-5-16-15-4-1-2-6-17(15)22-19(16)18/h1-2,4,6,8-11,18,21-22H,3,5,7,12H2. The third kappa shape index (κ3) is 2.42. The normalized spacial score (nSPS) is 17.6. The second kappa shape index (κ2) is 5.58. The van der Waals surface area contributed by atoms with Gasteiger partial charge in [-0.1, -0.05) is 30.3 Å². The van der Waals surface area contributed by atoms with Gasteiger partial charge in [0.15, 0.2) is 0 Å². The van der Waals surface area contributed by atoms with Crippen LogP contribution in [0.1, 0.15) is 35.7 Å². The summed E-state index contributed by atoms with van der Waals surface area (Å²) in [5.74, 6) is -0.181. The monoisotopic (exact) mass is 294 g/mol. The quantitative estimate of drug-likeness (QED) is 0.732. The Labute approximate surface area is 129 Å². The highest BCUT2D eigenvalue weighted by Gasteiger charge is 2.23. The lowest BCUT2D eigenvalue weighted by Crippen LogP contribution is -2.24. The second-order valence-electron chi connectivity index (χ2n) is 6.01. The maximum absolute atomic E-state index is 13.0. The van der Waals surface area contributed by atoms with Gasteiger partial charge in [0, 0.05) is 29.2 Å². The third-order valence-electron chi connectivity index (χ3n) is 4.58. The molecule has 2 N–H and O–H groups in total. The Balaban J connectivity index is 1.58. The van der Waals surface area contributed by atoms with E-state index in [1.165, 1.54) is 40.7 Å². The first-order valence-electron chi connectivity index (χ1n) is 7.88. The average molecular weight is 294 g/mol. The highest BCUT2D eigenvalue weighted by molar-refractivity contribution is 5.85. The molecule has 3 heteroatoms. The molecule has 0 bridgehead atoms. The van der Waals surface area contributed by atoms with Gasteiger partial charge in [0.05, 0.1) is 0 Å². The molecule has 1 heterocycles. The molecule has 1 aliphatic carbocycles. The molecule has 0 amide bonds. The van der Waals surface area contributed by atoms with E-state index in [0.717, 1.165) is 24.9 Å². The summed E-state index contributed by atoms with van der Waals surface area (Å²) in [6, 6.07) is 15.6. The zero-order chi connectivity index (χ0) is 14.9. The molecule has 0 saturated carbocycles. The van der Waals surface area contributed by atoms with Gasteiger partial charge in [0.2, 0.25) is 0 Å². The first-order valence-corrected chi connectivity index (χ1v) is 7.88. The topological polar surface area (TPSA) is 27.8 Å². The van der Waals surface area contributed by atoms with Crippen molar-refractivity contribution >= 4 is 10.9 Å². The lowest BCUT2D eigenvalue weighted by molar-refractivity contribution is 0.452. The Morgan fingerprint density at radius 1 is 1.09 bits per heavy atom. The molecule has 0 spiro atoms. The molecule has 22 heavy (non-hydrogen) atoms. The van der Waals surface area contributed by atoms with Crippen molar-refractivity contribution in [2.24, 2.45) is 0 Å². The molecule has 4 rings (SSSR count). The first-order chi connectivity index (χ1) is 10.8. The number of rotatable bonds is 3. The predicted octanol–water partition coefficient (Wildman–Crippen LogP) is 4.47. The Hall–Kier alpha value is -2.13. The lowest BCUT2D eigenvalue weighted by atomic mass is 9.91. The van der Waals surface area contributed by atoms with Crippen LogP contribution in [0.5, 0.6) is 0 Å². The van der Waals surface area contributed by atoms with Crippen LogP contribution in [0, 0.1) is 5.82 Å². The van der Waals surface area contributed by atoms with Gasteiger partial charge in [-0.2, -0.15) is 0 Å². The van der Waals surface area contributed by atoms with E-state index in [9.17, 15) is 4.39 Å². The van der Waals surface area contributed by atoms with E-state index in [-0.39, 0.29) is 5.82 Å². The van der Waals surface area contributed by atoms with Crippen LogP contribution in [0.15, 0.2) is 48.5 Å². The minimum atomic E-state index is -0.181. The number of aromatic amines is 1. The summed E-state index contributed by atoms with van der Waals surface area (Å²) in [6.45, 7) is 0.764. The fraction of sp³-hybridized carbons (Fsp3) is 0.263. The molecule has 1 aromatic heterocycles. The van der Waals surface area contributed by atoms with Crippen molar-refractivity contribution in [3.63, 3.8) is 0 Å². The van der Waals surface area contributed by atoms with Crippen molar-refractivity contribution in [1.82, 2.24) is 10.3 Å². The largest absolute Gasteiger partial charge is 0.357 e. The van der Waals surface area contributed by atoms with Gasteiger partial charge in [-0.05, 0) is 48.6 Å². The number of hydrogen-bond donors (Lipinski definition) is 2. The number of benzene rings is 2. The lowest BCUT2D eigenvalue weighted by Gasteiger charge is -2.24. The number of aryl methyl sites for hydroxylation is 1. The van der Waals surface area contributed by atoms with Crippen LogP contribution < -0.4 is 5.32 Å². The summed E-state index contributed by atoms with van der Waals surface area (Å²) in [6.07, 6.45) is 3.49. The maximum Gasteiger partial charge on any atom is 0.123 e. The van der Waals surface area contributed by atoms with Crippen LogP contribution in [0.2, 0.25) is 0 Å². The number of hydrogen-bond acceptors (Lipinski definition) is 1. The van der Waals surface area contributed by atoms with Gasteiger partial charge in [0.25, 0.3) is 0 Å². The minimum absolute atomic E-state index is 0.181. The van der Waals surface area contributed by atoms with Crippen LogP contribution in [0.3, 0.4) is 0 Å². The Morgan fingerprint density at radius 2 is 1.91 bits per heavy atom. The van der Waals surface area contributed by atoms with Gasteiger partial charge < -0.3 is 10.3 Å². The van der Waals surface area contributed by atoms with Gasteiger partial charge in [0.1, 0.15) is 5.82 Å². The molecule has 2 nitrogen and oxygen atoms in total. The van der Waals surface area contributed by atoms with Crippen LogP contribution in [-0.4, -0.2) is 4.98 Å². The zero-order valence-corrected chi connectivity index (χ0v) is 12.4. The summed E-state index contributed by atoms with van der Waals surface area (Å²) in [7, 11) is 0. The third-order valence-corrected chi connectivity index (χ3v) is 4.58. The molecule has 2 aromatic carbocycles. The van der Waals surface area contributed by atoms with E-state index in [1.54, 1.807) is 0 Å². The van der Waals surface area contributed by atoms with Crippen LogP contribution >= 0.6 is 0 Å². The molecule has 0 fully saturated rings. The van der Waals surface area contributed by atoms with E-state index in [2.05, 4.69) is 34.6 Å². The highest BCUT2D eigenvalue weighted by atomic mass is 19.1. The molecular weight excluding hydrogens is 275 g/mol. The Morgan fingerprint density at radius 3 is 2.77 bits per heavy atom. The molecular formula is C19H19FN2. The first kappa shape index (κ1) is 13.5.